The fraction of sp³-hybridized carbons (Fsp3) is 0.786. The molecule has 5 heteroatoms. The van der Waals surface area contributed by atoms with E-state index in [0.29, 0.717) is 17.8 Å². The number of rotatable bonds is 2. The first-order valence-corrected chi connectivity index (χ1v) is 6.97. The van der Waals surface area contributed by atoms with Gasteiger partial charge >= 0.3 is 6.16 Å². The summed E-state index contributed by atoms with van der Waals surface area (Å²) >= 11 is 0. The van der Waals surface area contributed by atoms with Gasteiger partial charge in [-0.3, -0.25) is 0 Å². The van der Waals surface area contributed by atoms with Gasteiger partial charge in [0, 0.05) is 12.5 Å². The van der Waals surface area contributed by atoms with Crippen LogP contribution in [0, 0.1) is 17.8 Å². The van der Waals surface area contributed by atoms with Crippen LogP contribution in [0.2, 0.25) is 0 Å². The van der Waals surface area contributed by atoms with Gasteiger partial charge in [-0.05, 0) is 45.6 Å². The Morgan fingerprint density at radius 1 is 1.42 bits per heavy atom. The van der Waals surface area contributed by atoms with Gasteiger partial charge < -0.3 is 14.9 Å². The zero-order chi connectivity index (χ0) is 13.7. The maximum atomic E-state index is 11.6. The van der Waals surface area contributed by atoms with Crippen molar-refractivity contribution in [3.05, 3.63) is 12.2 Å². The minimum Gasteiger partial charge on any atom is -0.427 e. The zero-order valence-electron chi connectivity index (χ0n) is 11.7. The monoisotopic (exact) mass is 266 g/mol. The van der Waals surface area contributed by atoms with Crippen molar-refractivity contribution in [3.63, 3.8) is 0 Å². The molecule has 2 N–H and O–H groups in total. The highest BCUT2D eigenvalue weighted by atomic mass is 16.8. The van der Waals surface area contributed by atoms with Gasteiger partial charge in [0.1, 0.15) is 5.60 Å². The molecule has 106 valence electrons. The Hall–Kier alpha value is -1.07. The van der Waals surface area contributed by atoms with Crippen LogP contribution in [0.3, 0.4) is 0 Å². The lowest BCUT2D eigenvalue weighted by Crippen LogP contribution is -2.49. The molecular formula is C14H22N2O3. The van der Waals surface area contributed by atoms with Gasteiger partial charge in [-0.25, -0.2) is 4.79 Å². The summed E-state index contributed by atoms with van der Waals surface area (Å²) in [5, 5.41) is 3.42. The Balaban J connectivity index is 1.61. The summed E-state index contributed by atoms with van der Waals surface area (Å²) in [4.78, 5) is 16.8. The number of ether oxygens (including phenoxy) is 1. The fourth-order valence-electron chi connectivity index (χ4n) is 3.66. The second-order valence-corrected chi connectivity index (χ2v) is 6.86. The van der Waals surface area contributed by atoms with Crippen molar-refractivity contribution in [2.45, 2.75) is 38.3 Å². The summed E-state index contributed by atoms with van der Waals surface area (Å²) < 4.78 is 5.15. The molecule has 1 saturated carbocycles. The summed E-state index contributed by atoms with van der Waals surface area (Å²) in [6, 6.07) is 0. The van der Waals surface area contributed by atoms with Crippen molar-refractivity contribution in [3.8, 4) is 0 Å². The van der Waals surface area contributed by atoms with E-state index in [-0.39, 0.29) is 5.54 Å². The standard InChI is InChI=1S/C14H22N2O3/c1-13(2,3)18-12(17)19-16-14-5-4-9(6-14)10-7-15-8-11(10)14/h4-5,9-11,15-16H,6-8H2,1-3H3. The molecule has 0 aromatic carbocycles. The number of fused-ring (bicyclic) bond motifs is 5. The van der Waals surface area contributed by atoms with Crippen LogP contribution in [0.5, 0.6) is 0 Å². The van der Waals surface area contributed by atoms with Crippen molar-refractivity contribution >= 4 is 6.16 Å². The molecule has 1 saturated heterocycles. The van der Waals surface area contributed by atoms with E-state index in [9.17, 15) is 4.79 Å². The average Bonchev–Trinajstić information content (AvgIpc) is 2.96. The van der Waals surface area contributed by atoms with E-state index < -0.39 is 11.8 Å². The van der Waals surface area contributed by atoms with E-state index >= 15 is 0 Å². The molecule has 0 spiro atoms. The summed E-state index contributed by atoms with van der Waals surface area (Å²) in [7, 11) is 0. The molecule has 19 heavy (non-hydrogen) atoms. The first-order valence-electron chi connectivity index (χ1n) is 6.97. The number of carbonyl (C=O) groups excluding carboxylic acids is 1. The van der Waals surface area contributed by atoms with Gasteiger partial charge in [0.05, 0.1) is 5.54 Å². The van der Waals surface area contributed by atoms with Crippen LogP contribution in [-0.4, -0.2) is 30.4 Å². The van der Waals surface area contributed by atoms with E-state index in [1.54, 1.807) is 0 Å². The molecular weight excluding hydrogens is 244 g/mol. The molecule has 0 aromatic heterocycles. The predicted molar refractivity (Wildman–Crippen MR) is 70.3 cm³/mol. The summed E-state index contributed by atoms with van der Waals surface area (Å²) in [6.07, 6.45) is 4.77. The molecule has 1 heterocycles. The highest BCUT2D eigenvalue weighted by Crippen LogP contribution is 2.52. The Morgan fingerprint density at radius 2 is 2.21 bits per heavy atom. The Labute approximate surface area is 113 Å². The van der Waals surface area contributed by atoms with Crippen molar-refractivity contribution in [1.82, 2.24) is 10.8 Å². The molecule has 2 bridgehead atoms. The van der Waals surface area contributed by atoms with Crippen LogP contribution in [-0.2, 0) is 9.57 Å². The molecule has 3 rings (SSSR count). The molecule has 3 aliphatic rings. The second-order valence-electron chi connectivity index (χ2n) is 6.86. The van der Waals surface area contributed by atoms with Crippen molar-refractivity contribution in [2.75, 3.05) is 13.1 Å². The quantitative estimate of drug-likeness (QED) is 0.452. The SMILES string of the molecule is CC(C)(C)OC(=O)ONC12C=CC(C1)C1CNCC12. The highest BCUT2D eigenvalue weighted by molar-refractivity contribution is 5.60. The van der Waals surface area contributed by atoms with Crippen LogP contribution in [0.1, 0.15) is 27.2 Å². The first-order chi connectivity index (χ1) is 8.90. The topological polar surface area (TPSA) is 59.6 Å². The fourth-order valence-corrected chi connectivity index (χ4v) is 3.66. The van der Waals surface area contributed by atoms with Crippen molar-refractivity contribution in [1.29, 1.82) is 0 Å². The molecule has 4 atom stereocenters. The van der Waals surface area contributed by atoms with E-state index in [1.807, 2.05) is 20.8 Å². The molecule has 2 fully saturated rings. The number of carbonyl (C=O) groups is 1. The Kier molecular flexibility index (Phi) is 2.87. The predicted octanol–water partition coefficient (Wildman–Crippen LogP) is 1.61. The average molecular weight is 266 g/mol. The molecule has 0 aromatic rings. The third kappa shape index (κ3) is 2.25. The molecule has 4 unspecified atom stereocenters. The van der Waals surface area contributed by atoms with E-state index in [1.165, 1.54) is 0 Å². The summed E-state index contributed by atoms with van der Waals surface area (Å²) in [6.45, 7) is 7.52. The molecule has 2 aliphatic carbocycles. The summed E-state index contributed by atoms with van der Waals surface area (Å²) in [5.74, 6) is 1.78. The third-order valence-corrected chi connectivity index (χ3v) is 4.40. The number of hydrogen-bond donors (Lipinski definition) is 2. The Morgan fingerprint density at radius 3 is 2.95 bits per heavy atom. The summed E-state index contributed by atoms with van der Waals surface area (Å²) in [5.41, 5.74) is 2.25. The number of nitrogens with one attached hydrogen (secondary N) is 2. The van der Waals surface area contributed by atoms with E-state index in [2.05, 4.69) is 22.9 Å². The van der Waals surface area contributed by atoms with Crippen LogP contribution in [0.4, 0.5) is 4.79 Å². The van der Waals surface area contributed by atoms with Gasteiger partial charge in [0.15, 0.2) is 0 Å². The van der Waals surface area contributed by atoms with Crippen LogP contribution in [0.15, 0.2) is 12.2 Å². The number of hydroxylamine groups is 1. The third-order valence-electron chi connectivity index (χ3n) is 4.40. The maximum Gasteiger partial charge on any atom is 0.528 e. The lowest BCUT2D eigenvalue weighted by Gasteiger charge is -2.32. The maximum absolute atomic E-state index is 11.6. The first kappa shape index (κ1) is 12.9. The normalized spacial score (nSPS) is 39.4. The van der Waals surface area contributed by atoms with Crippen LogP contribution >= 0.6 is 0 Å². The highest BCUT2D eigenvalue weighted by Gasteiger charge is 2.57. The molecule has 0 amide bonds. The minimum absolute atomic E-state index is 0.199. The molecule has 1 aliphatic heterocycles. The zero-order valence-corrected chi connectivity index (χ0v) is 11.7. The van der Waals surface area contributed by atoms with E-state index in [4.69, 9.17) is 9.57 Å². The van der Waals surface area contributed by atoms with Gasteiger partial charge in [-0.15, -0.1) is 5.48 Å². The van der Waals surface area contributed by atoms with Crippen molar-refractivity contribution in [2.24, 2.45) is 17.8 Å². The minimum atomic E-state index is -0.659. The van der Waals surface area contributed by atoms with Gasteiger partial charge in [0.25, 0.3) is 0 Å². The lowest BCUT2D eigenvalue weighted by molar-refractivity contribution is -0.0532. The van der Waals surface area contributed by atoms with Gasteiger partial charge in [-0.1, -0.05) is 12.2 Å². The second kappa shape index (κ2) is 4.21. The number of allylic oxidation sites excluding steroid dienone is 1. The largest absolute Gasteiger partial charge is 0.528 e. The van der Waals surface area contributed by atoms with Crippen LogP contribution in [0.25, 0.3) is 0 Å². The van der Waals surface area contributed by atoms with Gasteiger partial charge in [0.2, 0.25) is 0 Å². The number of hydrogen-bond acceptors (Lipinski definition) is 5. The van der Waals surface area contributed by atoms with Gasteiger partial charge in [-0.2, -0.15) is 0 Å². The molecule has 5 nitrogen and oxygen atoms in total. The van der Waals surface area contributed by atoms with Crippen LogP contribution < -0.4 is 10.8 Å². The van der Waals surface area contributed by atoms with Crippen molar-refractivity contribution < 1.29 is 14.4 Å². The Bertz CT molecular complexity index is 415. The molecule has 0 radical (unpaired) electrons. The lowest BCUT2D eigenvalue weighted by atomic mass is 9.82. The van der Waals surface area contributed by atoms with E-state index in [0.717, 1.165) is 19.5 Å². The smallest absolute Gasteiger partial charge is 0.427 e.